The van der Waals surface area contributed by atoms with Crippen molar-refractivity contribution >= 4 is 11.9 Å². The standard InChI is InChI=1S/C12H20N2O3/c15-11(17-9-4-2-1-3-5-9)8-10-12(16)14-7-6-13-10/h9-10,13H,1-8H2,(H,14,16)/p+1/t10-/m1/s1. The smallest absolute Gasteiger partial charge is 0.312 e. The Kier molecular flexibility index (Phi) is 4.36. The number of nitrogens with one attached hydrogen (secondary N) is 1. The second-order valence-electron chi connectivity index (χ2n) is 4.88. The van der Waals surface area contributed by atoms with Gasteiger partial charge in [0.15, 0.2) is 6.04 Å². The van der Waals surface area contributed by atoms with Crippen LogP contribution >= 0.6 is 0 Å². The van der Waals surface area contributed by atoms with E-state index in [1.54, 1.807) is 0 Å². The van der Waals surface area contributed by atoms with E-state index in [9.17, 15) is 9.59 Å². The molecule has 5 heteroatoms. The Labute approximate surface area is 101 Å². The highest BCUT2D eigenvalue weighted by Gasteiger charge is 2.29. The summed E-state index contributed by atoms with van der Waals surface area (Å²) in [6.07, 6.45) is 5.78. The molecule has 2 aliphatic rings. The molecule has 1 atom stereocenters. The van der Waals surface area contributed by atoms with Gasteiger partial charge in [0.05, 0.1) is 13.1 Å². The molecule has 0 aromatic rings. The molecule has 3 N–H and O–H groups in total. The van der Waals surface area contributed by atoms with Crippen LogP contribution in [0, 0.1) is 0 Å². The van der Waals surface area contributed by atoms with Crippen molar-refractivity contribution in [1.29, 1.82) is 0 Å². The van der Waals surface area contributed by atoms with Crippen LogP contribution in [-0.4, -0.2) is 37.1 Å². The van der Waals surface area contributed by atoms with E-state index in [0.29, 0.717) is 6.54 Å². The number of piperazine rings is 1. The second kappa shape index (κ2) is 6.00. The molecule has 0 aromatic heterocycles. The van der Waals surface area contributed by atoms with Gasteiger partial charge in [-0.1, -0.05) is 6.42 Å². The molecule has 2 fully saturated rings. The predicted molar refractivity (Wildman–Crippen MR) is 61.2 cm³/mol. The molecule has 0 bridgehead atoms. The molecule has 1 saturated carbocycles. The quantitative estimate of drug-likeness (QED) is 0.643. The van der Waals surface area contributed by atoms with E-state index in [4.69, 9.17) is 4.74 Å². The zero-order chi connectivity index (χ0) is 12.1. The number of nitrogens with two attached hydrogens (primary N) is 1. The Bertz CT molecular complexity index is 287. The van der Waals surface area contributed by atoms with E-state index in [0.717, 1.165) is 32.2 Å². The van der Waals surface area contributed by atoms with Crippen molar-refractivity contribution in [3.8, 4) is 0 Å². The van der Waals surface area contributed by atoms with Gasteiger partial charge < -0.3 is 15.4 Å². The molecule has 96 valence electrons. The van der Waals surface area contributed by atoms with Gasteiger partial charge in [0.1, 0.15) is 12.5 Å². The van der Waals surface area contributed by atoms with Gasteiger partial charge in [-0.25, -0.2) is 0 Å². The fourth-order valence-corrected chi connectivity index (χ4v) is 2.49. The molecular weight excluding hydrogens is 220 g/mol. The summed E-state index contributed by atoms with van der Waals surface area (Å²) in [7, 11) is 0. The lowest BCUT2D eigenvalue weighted by Gasteiger charge is -2.23. The van der Waals surface area contributed by atoms with E-state index >= 15 is 0 Å². The van der Waals surface area contributed by atoms with E-state index in [2.05, 4.69) is 5.32 Å². The first kappa shape index (κ1) is 12.4. The van der Waals surface area contributed by atoms with Crippen LogP contribution in [0.15, 0.2) is 0 Å². The molecule has 2 rings (SSSR count). The number of ether oxygens (including phenoxy) is 1. The largest absolute Gasteiger partial charge is 0.462 e. The number of carbonyl (C=O) groups excluding carboxylic acids is 2. The van der Waals surface area contributed by atoms with Crippen LogP contribution < -0.4 is 10.6 Å². The summed E-state index contributed by atoms with van der Waals surface area (Å²) in [5.41, 5.74) is 0. The second-order valence-corrected chi connectivity index (χ2v) is 4.88. The Morgan fingerprint density at radius 2 is 2.12 bits per heavy atom. The van der Waals surface area contributed by atoms with E-state index in [1.807, 2.05) is 5.32 Å². The molecule has 0 aromatic carbocycles. The normalized spacial score (nSPS) is 26.4. The minimum absolute atomic E-state index is 0.0446. The number of hydrogen-bond donors (Lipinski definition) is 2. The first-order valence-electron chi connectivity index (χ1n) is 6.56. The average Bonchev–Trinajstić information content (AvgIpc) is 2.33. The Hall–Kier alpha value is -1.10. The first-order valence-corrected chi connectivity index (χ1v) is 6.56. The highest BCUT2D eigenvalue weighted by Crippen LogP contribution is 2.20. The molecule has 0 radical (unpaired) electrons. The van der Waals surface area contributed by atoms with Gasteiger partial charge in [0.2, 0.25) is 0 Å². The predicted octanol–water partition coefficient (Wildman–Crippen LogP) is -0.686. The van der Waals surface area contributed by atoms with Crippen molar-refractivity contribution in [2.45, 2.75) is 50.7 Å². The monoisotopic (exact) mass is 241 g/mol. The molecule has 1 aliphatic carbocycles. The van der Waals surface area contributed by atoms with Gasteiger partial charge in [-0.15, -0.1) is 0 Å². The molecule has 1 aliphatic heterocycles. The molecule has 5 nitrogen and oxygen atoms in total. The zero-order valence-electron chi connectivity index (χ0n) is 10.1. The molecule has 17 heavy (non-hydrogen) atoms. The first-order chi connectivity index (χ1) is 8.25. The van der Waals surface area contributed by atoms with E-state index < -0.39 is 0 Å². The summed E-state index contributed by atoms with van der Waals surface area (Å²) in [6.45, 7) is 1.53. The minimum atomic E-state index is -0.292. The number of hydrogen-bond acceptors (Lipinski definition) is 3. The van der Waals surface area contributed by atoms with Crippen molar-refractivity contribution in [1.82, 2.24) is 5.32 Å². The molecule has 0 unspecified atom stereocenters. The average molecular weight is 241 g/mol. The van der Waals surface area contributed by atoms with Crippen LogP contribution in [0.3, 0.4) is 0 Å². The highest BCUT2D eigenvalue weighted by atomic mass is 16.5. The Balaban J connectivity index is 1.74. The summed E-state index contributed by atoms with van der Waals surface area (Å²) in [5.74, 6) is -0.271. The molecule has 0 spiro atoms. The summed E-state index contributed by atoms with van der Waals surface area (Å²) in [6, 6.07) is -0.292. The van der Waals surface area contributed by atoms with Crippen molar-refractivity contribution < 1.29 is 19.6 Å². The van der Waals surface area contributed by atoms with Crippen LogP contribution in [0.25, 0.3) is 0 Å². The van der Waals surface area contributed by atoms with E-state index in [1.165, 1.54) is 6.42 Å². The maximum Gasteiger partial charge on any atom is 0.312 e. The summed E-state index contributed by atoms with van der Waals surface area (Å²) >= 11 is 0. The topological polar surface area (TPSA) is 72.0 Å². The lowest BCUT2D eigenvalue weighted by atomic mass is 9.98. The molecule has 1 saturated heterocycles. The number of quaternary nitrogens is 1. The van der Waals surface area contributed by atoms with Crippen LogP contribution in [0.1, 0.15) is 38.5 Å². The third-order valence-corrected chi connectivity index (χ3v) is 3.47. The van der Waals surface area contributed by atoms with Gasteiger partial charge in [-0.05, 0) is 25.7 Å². The zero-order valence-corrected chi connectivity index (χ0v) is 10.1. The highest BCUT2D eigenvalue weighted by molar-refractivity contribution is 5.85. The van der Waals surface area contributed by atoms with Crippen molar-refractivity contribution in [2.75, 3.05) is 13.1 Å². The van der Waals surface area contributed by atoms with Crippen molar-refractivity contribution in [2.24, 2.45) is 0 Å². The molecule has 1 heterocycles. The SMILES string of the molecule is O=C(C[C@H]1[NH2+]CCNC1=O)OC1CCCCC1. The van der Waals surface area contributed by atoms with Crippen LogP contribution in [-0.2, 0) is 14.3 Å². The van der Waals surface area contributed by atoms with Gasteiger partial charge in [0, 0.05) is 0 Å². The van der Waals surface area contributed by atoms with Gasteiger partial charge in [0.25, 0.3) is 5.91 Å². The van der Waals surface area contributed by atoms with E-state index in [-0.39, 0.29) is 30.4 Å². The van der Waals surface area contributed by atoms with Crippen LogP contribution in [0.4, 0.5) is 0 Å². The number of amides is 1. The van der Waals surface area contributed by atoms with Crippen LogP contribution in [0.2, 0.25) is 0 Å². The van der Waals surface area contributed by atoms with Crippen molar-refractivity contribution in [3.63, 3.8) is 0 Å². The van der Waals surface area contributed by atoms with Gasteiger partial charge >= 0.3 is 5.97 Å². The number of rotatable bonds is 3. The number of carbonyl (C=O) groups is 2. The fraction of sp³-hybridized carbons (Fsp3) is 0.833. The third-order valence-electron chi connectivity index (χ3n) is 3.47. The molecule has 1 amide bonds. The third kappa shape index (κ3) is 3.70. The lowest BCUT2D eigenvalue weighted by Crippen LogP contribution is -2.96. The summed E-state index contributed by atoms with van der Waals surface area (Å²) in [4.78, 5) is 23.2. The molecular formula is C12H21N2O3+. The van der Waals surface area contributed by atoms with Crippen molar-refractivity contribution in [3.05, 3.63) is 0 Å². The maximum absolute atomic E-state index is 11.7. The fourth-order valence-electron chi connectivity index (χ4n) is 2.49. The summed E-state index contributed by atoms with van der Waals surface area (Å²) < 4.78 is 5.40. The Morgan fingerprint density at radius 1 is 1.35 bits per heavy atom. The Morgan fingerprint density at radius 3 is 2.82 bits per heavy atom. The number of esters is 1. The van der Waals surface area contributed by atoms with Crippen LogP contribution in [0.5, 0.6) is 0 Å². The van der Waals surface area contributed by atoms with Gasteiger partial charge in [-0.2, -0.15) is 0 Å². The lowest BCUT2D eigenvalue weighted by molar-refractivity contribution is -0.678. The summed E-state index contributed by atoms with van der Waals surface area (Å²) in [5, 5.41) is 4.68. The maximum atomic E-state index is 11.7. The minimum Gasteiger partial charge on any atom is -0.462 e. The van der Waals surface area contributed by atoms with Gasteiger partial charge in [-0.3, -0.25) is 9.59 Å².